The smallest absolute Gasteiger partial charge is 0.288 e. The second-order valence-corrected chi connectivity index (χ2v) is 4.54. The van der Waals surface area contributed by atoms with Gasteiger partial charge in [0.25, 0.3) is 0 Å². The van der Waals surface area contributed by atoms with E-state index in [1.807, 2.05) is 10.6 Å². The van der Waals surface area contributed by atoms with Crippen LogP contribution in [0.25, 0.3) is 0 Å². The van der Waals surface area contributed by atoms with Crippen LogP contribution < -0.4 is 10.6 Å². The first-order chi connectivity index (χ1) is 7.35. The van der Waals surface area contributed by atoms with E-state index in [1.54, 1.807) is 6.92 Å². The van der Waals surface area contributed by atoms with Crippen LogP contribution in [0.2, 0.25) is 0 Å². The summed E-state index contributed by atoms with van der Waals surface area (Å²) in [5, 5.41) is 2.90. The molecule has 3 nitrogen and oxygen atoms in total. The van der Waals surface area contributed by atoms with Crippen molar-refractivity contribution in [3.05, 3.63) is 0 Å². The fourth-order valence-electron chi connectivity index (χ4n) is 1.50. The van der Waals surface area contributed by atoms with Crippen LogP contribution in [-0.4, -0.2) is 42.0 Å². The van der Waals surface area contributed by atoms with E-state index < -0.39 is 23.1 Å². The van der Waals surface area contributed by atoms with E-state index in [0.717, 1.165) is 0 Å². The summed E-state index contributed by atoms with van der Waals surface area (Å²) in [4.78, 5) is 11.2. The first kappa shape index (κ1) is 13.7. The highest BCUT2D eigenvalue weighted by Crippen LogP contribution is 2.35. The van der Waals surface area contributed by atoms with Crippen molar-refractivity contribution < 1.29 is 22.4 Å². The monoisotopic (exact) mass is 260 g/mol. The maximum absolute atomic E-state index is 13.6. The van der Waals surface area contributed by atoms with Gasteiger partial charge in [-0.1, -0.05) is 18.7 Å². The SMILES string of the molecule is CCSC(=O)C(F)C1(C(F)(F)F)NCCN1. The maximum atomic E-state index is 13.6. The number of hydrogen-bond donors (Lipinski definition) is 2. The fourth-order valence-corrected chi connectivity index (χ4v) is 2.11. The molecule has 0 aliphatic carbocycles. The van der Waals surface area contributed by atoms with Crippen molar-refractivity contribution in [2.24, 2.45) is 0 Å². The molecule has 1 saturated heterocycles. The van der Waals surface area contributed by atoms with Crippen LogP contribution in [0.5, 0.6) is 0 Å². The van der Waals surface area contributed by atoms with E-state index in [1.165, 1.54) is 0 Å². The number of thioether (sulfide) groups is 1. The van der Waals surface area contributed by atoms with Gasteiger partial charge < -0.3 is 0 Å². The second kappa shape index (κ2) is 4.89. The van der Waals surface area contributed by atoms with Crippen molar-refractivity contribution in [3.8, 4) is 0 Å². The van der Waals surface area contributed by atoms with Gasteiger partial charge in [0.15, 0.2) is 0 Å². The highest BCUT2D eigenvalue weighted by Gasteiger charge is 2.63. The number of rotatable bonds is 3. The summed E-state index contributed by atoms with van der Waals surface area (Å²) in [5.74, 6) is 0.243. The molecule has 1 heterocycles. The molecule has 1 fully saturated rings. The Morgan fingerprint density at radius 1 is 1.44 bits per heavy atom. The zero-order chi connectivity index (χ0) is 12.4. The van der Waals surface area contributed by atoms with Gasteiger partial charge in [-0.2, -0.15) is 13.2 Å². The van der Waals surface area contributed by atoms with Crippen molar-refractivity contribution in [1.82, 2.24) is 10.6 Å². The molecule has 0 saturated carbocycles. The summed E-state index contributed by atoms with van der Waals surface area (Å²) in [6.07, 6.45) is -7.49. The Kier molecular flexibility index (Phi) is 4.19. The highest BCUT2D eigenvalue weighted by molar-refractivity contribution is 8.13. The Hall–Kier alpha value is -0.340. The normalized spacial score (nSPS) is 22.1. The maximum Gasteiger partial charge on any atom is 0.423 e. The molecule has 0 aromatic rings. The Morgan fingerprint density at radius 3 is 2.31 bits per heavy atom. The van der Waals surface area contributed by atoms with E-state index in [4.69, 9.17) is 0 Å². The van der Waals surface area contributed by atoms with E-state index in [0.29, 0.717) is 11.8 Å². The molecule has 8 heteroatoms. The van der Waals surface area contributed by atoms with Crippen LogP contribution in [0.1, 0.15) is 6.92 Å². The Bertz CT molecular complexity index is 265. The van der Waals surface area contributed by atoms with E-state index in [-0.39, 0.29) is 18.8 Å². The summed E-state index contributed by atoms with van der Waals surface area (Å²) < 4.78 is 51.8. The Morgan fingerprint density at radius 2 is 1.94 bits per heavy atom. The predicted octanol–water partition coefficient (Wildman–Crippen LogP) is 1.06. The Labute approximate surface area is 94.3 Å². The van der Waals surface area contributed by atoms with Crippen LogP contribution in [-0.2, 0) is 4.79 Å². The van der Waals surface area contributed by atoms with E-state index in [2.05, 4.69) is 0 Å². The number of halogens is 4. The van der Waals surface area contributed by atoms with E-state index in [9.17, 15) is 22.4 Å². The Balaban J connectivity index is 2.90. The van der Waals surface area contributed by atoms with Crippen molar-refractivity contribution in [3.63, 3.8) is 0 Å². The topological polar surface area (TPSA) is 41.1 Å². The van der Waals surface area contributed by atoms with Gasteiger partial charge in [0.1, 0.15) is 0 Å². The number of nitrogens with one attached hydrogen (secondary N) is 2. The van der Waals surface area contributed by atoms with Gasteiger partial charge in [0, 0.05) is 13.1 Å². The summed E-state index contributed by atoms with van der Waals surface area (Å²) in [6, 6.07) is 0. The lowest BCUT2D eigenvalue weighted by Crippen LogP contribution is -2.68. The van der Waals surface area contributed by atoms with Crippen molar-refractivity contribution in [1.29, 1.82) is 0 Å². The third-order valence-corrected chi connectivity index (χ3v) is 3.03. The second-order valence-electron chi connectivity index (χ2n) is 3.27. The standard InChI is InChI=1S/C8H12F4N2OS/c1-2-16-6(15)5(9)7(8(10,11)12)13-3-4-14-7/h5,13-14H,2-4H2,1H3. The quantitative estimate of drug-likeness (QED) is 0.744. The predicted molar refractivity (Wildman–Crippen MR) is 52.8 cm³/mol. The van der Waals surface area contributed by atoms with Crippen LogP contribution in [0.15, 0.2) is 0 Å². The van der Waals surface area contributed by atoms with Gasteiger partial charge in [-0.3, -0.25) is 15.4 Å². The van der Waals surface area contributed by atoms with Crippen molar-refractivity contribution >= 4 is 16.9 Å². The van der Waals surface area contributed by atoms with Gasteiger partial charge >= 0.3 is 6.18 Å². The van der Waals surface area contributed by atoms with Crippen LogP contribution >= 0.6 is 11.8 Å². The first-order valence-corrected chi connectivity index (χ1v) is 5.71. The minimum Gasteiger partial charge on any atom is -0.288 e. The molecule has 0 aromatic carbocycles. The summed E-state index contributed by atoms with van der Waals surface area (Å²) in [7, 11) is 0. The van der Waals surface area contributed by atoms with E-state index >= 15 is 0 Å². The molecule has 1 rings (SSSR count). The average Bonchev–Trinajstić information content (AvgIpc) is 2.65. The summed E-state index contributed by atoms with van der Waals surface area (Å²) >= 11 is 0.547. The van der Waals surface area contributed by atoms with Crippen LogP contribution in [0.3, 0.4) is 0 Å². The summed E-state index contributed by atoms with van der Waals surface area (Å²) in [6.45, 7) is 1.53. The molecule has 2 N–H and O–H groups in total. The first-order valence-electron chi connectivity index (χ1n) is 4.72. The molecule has 0 radical (unpaired) electrons. The number of carbonyl (C=O) groups is 1. The average molecular weight is 260 g/mol. The molecule has 94 valence electrons. The third kappa shape index (κ3) is 2.33. The fraction of sp³-hybridized carbons (Fsp3) is 0.875. The zero-order valence-corrected chi connectivity index (χ0v) is 9.34. The molecule has 1 unspecified atom stereocenters. The molecule has 0 amide bonds. The molecule has 1 aliphatic rings. The van der Waals surface area contributed by atoms with Crippen LogP contribution in [0.4, 0.5) is 17.6 Å². The lowest BCUT2D eigenvalue weighted by molar-refractivity contribution is -0.215. The number of hydrogen-bond acceptors (Lipinski definition) is 4. The van der Waals surface area contributed by atoms with Crippen molar-refractivity contribution in [2.45, 2.75) is 24.9 Å². The van der Waals surface area contributed by atoms with Gasteiger partial charge in [0.05, 0.1) is 0 Å². The van der Waals surface area contributed by atoms with Gasteiger partial charge in [-0.05, 0) is 5.75 Å². The minimum atomic E-state index is -4.85. The zero-order valence-electron chi connectivity index (χ0n) is 8.53. The van der Waals surface area contributed by atoms with Crippen LogP contribution in [0, 0.1) is 0 Å². The van der Waals surface area contributed by atoms with Crippen molar-refractivity contribution in [2.75, 3.05) is 18.8 Å². The molecule has 16 heavy (non-hydrogen) atoms. The highest BCUT2D eigenvalue weighted by atomic mass is 32.2. The molecule has 0 spiro atoms. The molecular weight excluding hydrogens is 248 g/mol. The molecule has 1 atom stereocenters. The van der Waals surface area contributed by atoms with Gasteiger partial charge in [0.2, 0.25) is 16.9 Å². The minimum absolute atomic E-state index is 0.0238. The number of alkyl halides is 4. The number of carbonyl (C=O) groups excluding carboxylic acids is 1. The molecule has 0 aromatic heterocycles. The third-order valence-electron chi connectivity index (χ3n) is 2.25. The lowest BCUT2D eigenvalue weighted by Gasteiger charge is -2.33. The van der Waals surface area contributed by atoms with Gasteiger partial charge in [-0.15, -0.1) is 0 Å². The largest absolute Gasteiger partial charge is 0.423 e. The van der Waals surface area contributed by atoms with Gasteiger partial charge in [-0.25, -0.2) is 4.39 Å². The lowest BCUT2D eigenvalue weighted by atomic mass is 10.1. The molecule has 1 aliphatic heterocycles. The summed E-state index contributed by atoms with van der Waals surface area (Å²) in [5.41, 5.74) is -2.92. The molecule has 0 bridgehead atoms. The molecular formula is C8H12F4N2OS.